The van der Waals surface area contributed by atoms with Crippen molar-refractivity contribution >= 4 is 65.0 Å². The molecule has 4 heteroatoms. The van der Waals surface area contributed by atoms with Gasteiger partial charge in [0, 0.05) is 43.7 Å². The SMILES string of the molecule is c1ccc(-c2nc3cc(-c4cccc(-c5nc6ccccc6c6c5ccc5c6c6ccccc6n5-c5ccccc5)c4)ccc3s2)cc1. The van der Waals surface area contributed by atoms with Crippen LogP contribution < -0.4 is 0 Å². The Morgan fingerprint density at radius 3 is 2.00 bits per heavy atom. The Balaban J connectivity index is 1.19. The first kappa shape index (κ1) is 27.1. The summed E-state index contributed by atoms with van der Waals surface area (Å²) in [5, 5.41) is 7.09. The van der Waals surface area contributed by atoms with Crippen LogP contribution in [0.1, 0.15) is 0 Å². The Labute approximate surface area is 281 Å². The van der Waals surface area contributed by atoms with E-state index in [2.05, 4.69) is 162 Å². The lowest BCUT2D eigenvalue weighted by molar-refractivity contribution is 1.18. The van der Waals surface area contributed by atoms with Gasteiger partial charge in [0.2, 0.25) is 0 Å². The first-order chi connectivity index (χ1) is 23.8. The van der Waals surface area contributed by atoms with Crippen molar-refractivity contribution < 1.29 is 0 Å². The van der Waals surface area contributed by atoms with Crippen LogP contribution in [0.5, 0.6) is 0 Å². The van der Waals surface area contributed by atoms with E-state index in [1.54, 1.807) is 11.3 Å². The van der Waals surface area contributed by atoms with E-state index in [-0.39, 0.29) is 0 Å². The van der Waals surface area contributed by atoms with Gasteiger partial charge < -0.3 is 4.57 Å². The number of nitrogens with zero attached hydrogens (tertiary/aromatic N) is 3. The average Bonchev–Trinajstić information content (AvgIpc) is 3.74. The standard InChI is InChI=1S/C44H27N3S/c1-3-12-28(13-4-1)44-46-37-27-30(22-25-40(37)48-44)29-14-11-15-31(26-29)43-35-23-24-39-42(41(35)33-18-7-9-20-36(33)45-43)34-19-8-10-21-38(34)47(39)32-16-5-2-6-17-32/h1-27H. The predicted molar refractivity (Wildman–Crippen MR) is 203 cm³/mol. The van der Waals surface area contributed by atoms with Gasteiger partial charge in [-0.05, 0) is 59.7 Å². The summed E-state index contributed by atoms with van der Waals surface area (Å²) in [5.74, 6) is 0. The Hall–Kier alpha value is -6.10. The zero-order valence-electron chi connectivity index (χ0n) is 25.8. The number of rotatable bonds is 4. The third kappa shape index (κ3) is 4.20. The molecule has 48 heavy (non-hydrogen) atoms. The van der Waals surface area contributed by atoms with E-state index in [4.69, 9.17) is 9.97 Å². The molecule has 0 fully saturated rings. The lowest BCUT2D eigenvalue weighted by Crippen LogP contribution is -1.94. The van der Waals surface area contributed by atoms with Gasteiger partial charge in [-0.25, -0.2) is 9.97 Å². The summed E-state index contributed by atoms with van der Waals surface area (Å²) < 4.78 is 3.58. The maximum absolute atomic E-state index is 5.33. The summed E-state index contributed by atoms with van der Waals surface area (Å²) in [6, 6.07) is 58.3. The summed E-state index contributed by atoms with van der Waals surface area (Å²) in [4.78, 5) is 10.3. The number of thiazole rings is 1. The highest BCUT2D eigenvalue weighted by Crippen LogP contribution is 2.43. The van der Waals surface area contributed by atoms with Gasteiger partial charge in [-0.15, -0.1) is 11.3 Å². The number of fused-ring (bicyclic) bond motifs is 8. The van der Waals surface area contributed by atoms with Crippen molar-refractivity contribution in [1.82, 2.24) is 14.5 Å². The number of aromatic nitrogens is 3. The molecule has 7 aromatic carbocycles. The zero-order valence-corrected chi connectivity index (χ0v) is 26.7. The molecule has 10 aromatic rings. The maximum Gasteiger partial charge on any atom is 0.124 e. The van der Waals surface area contributed by atoms with Gasteiger partial charge in [-0.3, -0.25) is 0 Å². The van der Waals surface area contributed by atoms with Crippen LogP contribution in [-0.4, -0.2) is 14.5 Å². The van der Waals surface area contributed by atoms with Crippen molar-refractivity contribution in [2.75, 3.05) is 0 Å². The minimum Gasteiger partial charge on any atom is -0.309 e. The molecule has 0 aliphatic carbocycles. The lowest BCUT2D eigenvalue weighted by Gasteiger charge is -2.13. The fourth-order valence-electron chi connectivity index (χ4n) is 7.23. The van der Waals surface area contributed by atoms with Crippen molar-refractivity contribution in [2.45, 2.75) is 0 Å². The minimum absolute atomic E-state index is 0.991. The predicted octanol–water partition coefficient (Wildman–Crippen LogP) is 12.1. The quantitative estimate of drug-likeness (QED) is 0.181. The second-order valence-corrected chi connectivity index (χ2v) is 13.2. The summed E-state index contributed by atoms with van der Waals surface area (Å²) in [6.45, 7) is 0. The van der Waals surface area contributed by atoms with Crippen LogP contribution in [0.4, 0.5) is 0 Å². The number of hydrogen-bond acceptors (Lipinski definition) is 3. The number of benzene rings is 7. The van der Waals surface area contributed by atoms with Gasteiger partial charge in [-0.1, -0.05) is 115 Å². The Morgan fingerprint density at radius 1 is 0.417 bits per heavy atom. The second kappa shape index (κ2) is 10.7. The molecule has 0 bridgehead atoms. The van der Waals surface area contributed by atoms with Crippen LogP contribution in [0.2, 0.25) is 0 Å². The van der Waals surface area contributed by atoms with E-state index < -0.39 is 0 Å². The van der Waals surface area contributed by atoms with Gasteiger partial charge >= 0.3 is 0 Å². The third-order valence-corrected chi connectivity index (χ3v) is 10.5. The Kier molecular flexibility index (Phi) is 6.05. The monoisotopic (exact) mass is 629 g/mol. The second-order valence-electron chi connectivity index (χ2n) is 12.2. The normalized spacial score (nSPS) is 11.8. The minimum atomic E-state index is 0.991. The molecule has 0 saturated carbocycles. The maximum atomic E-state index is 5.33. The van der Waals surface area contributed by atoms with Crippen molar-refractivity contribution in [3.63, 3.8) is 0 Å². The molecule has 224 valence electrons. The summed E-state index contributed by atoms with van der Waals surface area (Å²) in [5.41, 5.74) is 11.1. The van der Waals surface area contributed by atoms with Crippen molar-refractivity contribution in [3.8, 4) is 38.6 Å². The molecule has 0 N–H and O–H groups in total. The number of pyridine rings is 1. The van der Waals surface area contributed by atoms with Crippen LogP contribution in [0.15, 0.2) is 164 Å². The van der Waals surface area contributed by atoms with E-state index in [1.165, 1.54) is 31.9 Å². The summed E-state index contributed by atoms with van der Waals surface area (Å²) in [7, 11) is 0. The number of para-hydroxylation sites is 3. The topological polar surface area (TPSA) is 30.7 Å². The molecule has 0 aliphatic heterocycles. The van der Waals surface area contributed by atoms with Crippen molar-refractivity contribution in [1.29, 1.82) is 0 Å². The molecule has 3 nitrogen and oxygen atoms in total. The Morgan fingerprint density at radius 2 is 1.12 bits per heavy atom. The van der Waals surface area contributed by atoms with Crippen molar-refractivity contribution in [2.24, 2.45) is 0 Å². The highest BCUT2D eigenvalue weighted by molar-refractivity contribution is 7.21. The zero-order chi connectivity index (χ0) is 31.6. The summed E-state index contributed by atoms with van der Waals surface area (Å²) in [6.07, 6.45) is 0. The van der Waals surface area contributed by atoms with Gasteiger partial charge in [0.15, 0.2) is 0 Å². The lowest BCUT2D eigenvalue weighted by atomic mass is 9.94. The van der Waals surface area contributed by atoms with Gasteiger partial charge in [0.1, 0.15) is 5.01 Å². The fraction of sp³-hybridized carbons (Fsp3) is 0. The van der Waals surface area contributed by atoms with Crippen LogP contribution in [0.3, 0.4) is 0 Å². The fourth-order valence-corrected chi connectivity index (χ4v) is 8.18. The third-order valence-electron chi connectivity index (χ3n) is 9.39. The molecule has 0 atom stereocenters. The molecule has 10 rings (SSSR count). The van der Waals surface area contributed by atoms with Gasteiger partial charge in [0.25, 0.3) is 0 Å². The first-order valence-corrected chi connectivity index (χ1v) is 17.0. The van der Waals surface area contributed by atoms with Gasteiger partial charge in [-0.2, -0.15) is 0 Å². The van der Waals surface area contributed by atoms with E-state index in [9.17, 15) is 0 Å². The number of hydrogen-bond donors (Lipinski definition) is 0. The highest BCUT2D eigenvalue weighted by atomic mass is 32.1. The first-order valence-electron chi connectivity index (χ1n) is 16.2. The Bertz CT molecular complexity index is 2830. The molecular weight excluding hydrogens is 603 g/mol. The molecule has 0 radical (unpaired) electrons. The van der Waals surface area contributed by atoms with E-state index in [0.29, 0.717) is 0 Å². The molecule has 3 heterocycles. The van der Waals surface area contributed by atoms with Crippen LogP contribution in [0.25, 0.3) is 92.3 Å². The smallest absolute Gasteiger partial charge is 0.124 e. The van der Waals surface area contributed by atoms with Crippen LogP contribution in [0, 0.1) is 0 Å². The molecule has 0 spiro atoms. The highest BCUT2D eigenvalue weighted by Gasteiger charge is 2.19. The van der Waals surface area contributed by atoms with E-state index in [0.717, 1.165) is 60.4 Å². The van der Waals surface area contributed by atoms with Crippen LogP contribution >= 0.6 is 11.3 Å². The average molecular weight is 630 g/mol. The largest absolute Gasteiger partial charge is 0.309 e. The summed E-state index contributed by atoms with van der Waals surface area (Å²) >= 11 is 1.74. The van der Waals surface area contributed by atoms with Crippen molar-refractivity contribution in [3.05, 3.63) is 164 Å². The molecule has 0 saturated heterocycles. The van der Waals surface area contributed by atoms with E-state index >= 15 is 0 Å². The molecule has 3 aromatic heterocycles. The van der Waals surface area contributed by atoms with Crippen LogP contribution in [-0.2, 0) is 0 Å². The molecular formula is C44H27N3S. The molecule has 0 amide bonds. The molecule has 0 aliphatic rings. The van der Waals surface area contributed by atoms with E-state index in [1.807, 2.05) is 6.07 Å². The van der Waals surface area contributed by atoms with Gasteiger partial charge in [0.05, 0.1) is 32.5 Å². The molecule has 0 unspecified atom stereocenters.